The maximum atomic E-state index is 11.6. The van der Waals surface area contributed by atoms with Gasteiger partial charge in [0.15, 0.2) is 0 Å². The second-order valence-corrected chi connectivity index (χ2v) is 4.55. The molecule has 1 aromatic rings. The van der Waals surface area contributed by atoms with Gasteiger partial charge >= 0.3 is 5.97 Å². The minimum absolute atomic E-state index is 0.116. The Bertz CT molecular complexity index is 474. The first kappa shape index (κ1) is 13.4. The summed E-state index contributed by atoms with van der Waals surface area (Å²) >= 11 is 0. The van der Waals surface area contributed by atoms with Gasteiger partial charge in [-0.2, -0.15) is 0 Å². The van der Waals surface area contributed by atoms with Crippen molar-refractivity contribution >= 4 is 17.6 Å². The lowest BCUT2D eigenvalue weighted by molar-refractivity contribution is -0.142. The molecule has 5 heteroatoms. The number of carbonyl (C=O) groups is 2. The van der Waals surface area contributed by atoms with Crippen molar-refractivity contribution in [1.82, 2.24) is 5.32 Å². The van der Waals surface area contributed by atoms with Gasteiger partial charge in [-0.05, 0) is 11.6 Å². The normalized spacial score (nSPS) is 16.4. The molecule has 0 aromatic heterocycles. The summed E-state index contributed by atoms with van der Waals surface area (Å²) < 4.78 is 4.50. The summed E-state index contributed by atoms with van der Waals surface area (Å²) in [5.41, 5.74) is 2.37. The van der Waals surface area contributed by atoms with Crippen molar-refractivity contribution in [1.29, 1.82) is 0 Å². The zero-order valence-corrected chi connectivity index (χ0v) is 10.9. The fraction of sp³-hybridized carbons (Fsp3) is 0.429. The highest BCUT2D eigenvalue weighted by molar-refractivity contribution is 5.81. The molecule has 0 fully saturated rings. The van der Waals surface area contributed by atoms with Crippen molar-refractivity contribution in [2.24, 2.45) is 0 Å². The molecule has 0 spiro atoms. The maximum absolute atomic E-state index is 11.6. The van der Waals surface area contributed by atoms with Gasteiger partial charge in [-0.15, -0.1) is 0 Å². The molecule has 0 radical (unpaired) electrons. The van der Waals surface area contributed by atoms with E-state index >= 15 is 0 Å². The van der Waals surface area contributed by atoms with Crippen LogP contribution in [0.25, 0.3) is 0 Å². The van der Waals surface area contributed by atoms with Crippen molar-refractivity contribution in [3.63, 3.8) is 0 Å². The van der Waals surface area contributed by atoms with Gasteiger partial charge < -0.3 is 15.4 Å². The molecule has 1 heterocycles. The summed E-state index contributed by atoms with van der Waals surface area (Å²) in [5, 5.41) is 6.17. The standard InChI is InChI=1S/C14H18N2O3/c1-19-14(18)7-6-13(17)16-9-10-8-15-12-5-3-2-4-11(10)12/h2-5,10,15H,6-9H2,1H3,(H,16,17). The van der Waals surface area contributed by atoms with Gasteiger partial charge in [-0.25, -0.2) is 0 Å². The van der Waals surface area contributed by atoms with Crippen LogP contribution in [0.5, 0.6) is 0 Å². The first-order chi connectivity index (χ1) is 9.20. The third-order valence-corrected chi connectivity index (χ3v) is 3.27. The first-order valence-electron chi connectivity index (χ1n) is 6.37. The molecule has 0 saturated heterocycles. The van der Waals surface area contributed by atoms with E-state index in [0.29, 0.717) is 12.5 Å². The van der Waals surface area contributed by atoms with Gasteiger partial charge in [-0.3, -0.25) is 9.59 Å². The Kier molecular flexibility index (Phi) is 4.39. The van der Waals surface area contributed by atoms with E-state index in [1.807, 2.05) is 18.2 Å². The summed E-state index contributed by atoms with van der Waals surface area (Å²) in [6.07, 6.45) is 0.302. The highest BCUT2D eigenvalue weighted by Crippen LogP contribution is 2.30. The van der Waals surface area contributed by atoms with Gasteiger partial charge in [0.25, 0.3) is 0 Å². The van der Waals surface area contributed by atoms with E-state index in [2.05, 4.69) is 21.4 Å². The highest BCUT2D eigenvalue weighted by Gasteiger charge is 2.21. The predicted octanol–water partition coefficient (Wildman–Crippen LogP) is 1.27. The van der Waals surface area contributed by atoms with Gasteiger partial charge in [0, 0.05) is 31.1 Å². The Labute approximate surface area is 112 Å². The summed E-state index contributed by atoms with van der Waals surface area (Å²) in [5.74, 6) is -0.184. The molecule has 1 atom stereocenters. The largest absolute Gasteiger partial charge is 0.469 e. The summed E-state index contributed by atoms with van der Waals surface area (Å²) in [6, 6.07) is 8.09. The molecule has 1 aliphatic heterocycles. The van der Waals surface area contributed by atoms with Crippen LogP contribution >= 0.6 is 0 Å². The highest BCUT2D eigenvalue weighted by atomic mass is 16.5. The number of carbonyl (C=O) groups excluding carboxylic acids is 2. The van der Waals surface area contributed by atoms with Crippen LogP contribution in [-0.2, 0) is 14.3 Å². The monoisotopic (exact) mass is 262 g/mol. The van der Waals surface area contributed by atoms with E-state index in [1.165, 1.54) is 12.7 Å². The molecule has 102 valence electrons. The molecular weight excluding hydrogens is 244 g/mol. The Morgan fingerprint density at radius 2 is 2.16 bits per heavy atom. The van der Waals surface area contributed by atoms with Gasteiger partial charge in [0.1, 0.15) is 0 Å². The number of anilines is 1. The van der Waals surface area contributed by atoms with Crippen LogP contribution in [-0.4, -0.2) is 32.1 Å². The van der Waals surface area contributed by atoms with E-state index in [-0.39, 0.29) is 24.7 Å². The SMILES string of the molecule is COC(=O)CCC(=O)NCC1CNc2ccccc21. The fourth-order valence-corrected chi connectivity index (χ4v) is 2.18. The van der Waals surface area contributed by atoms with E-state index in [0.717, 1.165) is 12.2 Å². The second kappa shape index (κ2) is 6.22. The number of nitrogens with one attached hydrogen (secondary N) is 2. The second-order valence-electron chi connectivity index (χ2n) is 4.55. The van der Waals surface area contributed by atoms with Crippen LogP contribution in [0.1, 0.15) is 24.3 Å². The van der Waals surface area contributed by atoms with Crippen LogP contribution in [0.4, 0.5) is 5.69 Å². The molecule has 5 nitrogen and oxygen atoms in total. The number of ether oxygens (including phenoxy) is 1. The van der Waals surface area contributed by atoms with Crippen molar-refractivity contribution in [2.45, 2.75) is 18.8 Å². The van der Waals surface area contributed by atoms with E-state index in [9.17, 15) is 9.59 Å². The zero-order chi connectivity index (χ0) is 13.7. The lowest BCUT2D eigenvalue weighted by Gasteiger charge is -2.11. The number of esters is 1. The third kappa shape index (κ3) is 3.47. The molecule has 1 unspecified atom stereocenters. The van der Waals surface area contributed by atoms with Crippen LogP contribution in [0, 0.1) is 0 Å². The number of rotatable bonds is 5. The minimum atomic E-state index is -0.358. The number of amides is 1. The Morgan fingerprint density at radius 1 is 1.37 bits per heavy atom. The molecular formula is C14H18N2O3. The Hall–Kier alpha value is -2.04. The van der Waals surface area contributed by atoms with Crippen molar-refractivity contribution in [3.05, 3.63) is 29.8 Å². The average Bonchev–Trinajstić information content (AvgIpc) is 2.85. The minimum Gasteiger partial charge on any atom is -0.469 e. The van der Waals surface area contributed by atoms with Crippen molar-refractivity contribution in [3.8, 4) is 0 Å². The quantitative estimate of drug-likeness (QED) is 0.784. The van der Waals surface area contributed by atoms with Gasteiger partial charge in [0.05, 0.1) is 13.5 Å². The number of benzene rings is 1. The van der Waals surface area contributed by atoms with Crippen LogP contribution < -0.4 is 10.6 Å². The summed E-state index contributed by atoms with van der Waals surface area (Å²) in [6.45, 7) is 1.42. The molecule has 19 heavy (non-hydrogen) atoms. The number of hydrogen-bond donors (Lipinski definition) is 2. The molecule has 0 bridgehead atoms. The maximum Gasteiger partial charge on any atom is 0.306 e. The van der Waals surface area contributed by atoms with Gasteiger partial charge in [0.2, 0.25) is 5.91 Å². The Balaban J connectivity index is 1.78. The lowest BCUT2D eigenvalue weighted by Crippen LogP contribution is -2.29. The van der Waals surface area contributed by atoms with E-state index < -0.39 is 0 Å². The Morgan fingerprint density at radius 3 is 2.95 bits per heavy atom. The van der Waals surface area contributed by atoms with Crippen LogP contribution in [0.15, 0.2) is 24.3 Å². The molecule has 0 saturated carbocycles. The third-order valence-electron chi connectivity index (χ3n) is 3.27. The number of hydrogen-bond acceptors (Lipinski definition) is 4. The topological polar surface area (TPSA) is 67.4 Å². The molecule has 1 aromatic carbocycles. The molecule has 2 N–H and O–H groups in total. The molecule has 1 amide bonds. The van der Waals surface area contributed by atoms with Crippen LogP contribution in [0.2, 0.25) is 0 Å². The first-order valence-corrected chi connectivity index (χ1v) is 6.37. The summed E-state index contributed by atoms with van der Waals surface area (Å²) in [4.78, 5) is 22.5. The van der Waals surface area contributed by atoms with Crippen LogP contribution in [0.3, 0.4) is 0 Å². The number of fused-ring (bicyclic) bond motifs is 1. The average molecular weight is 262 g/mol. The molecule has 0 aliphatic carbocycles. The van der Waals surface area contributed by atoms with E-state index in [4.69, 9.17) is 0 Å². The zero-order valence-electron chi connectivity index (χ0n) is 10.9. The number of methoxy groups -OCH3 is 1. The number of para-hydroxylation sites is 1. The molecule has 1 aliphatic rings. The smallest absolute Gasteiger partial charge is 0.306 e. The fourth-order valence-electron chi connectivity index (χ4n) is 2.18. The van der Waals surface area contributed by atoms with Crippen molar-refractivity contribution in [2.75, 3.05) is 25.5 Å². The predicted molar refractivity (Wildman–Crippen MR) is 71.9 cm³/mol. The van der Waals surface area contributed by atoms with E-state index in [1.54, 1.807) is 0 Å². The lowest BCUT2D eigenvalue weighted by atomic mass is 10.0. The molecule has 2 rings (SSSR count). The van der Waals surface area contributed by atoms with Crippen molar-refractivity contribution < 1.29 is 14.3 Å². The van der Waals surface area contributed by atoms with Gasteiger partial charge in [-0.1, -0.05) is 18.2 Å². The summed E-state index contributed by atoms with van der Waals surface area (Å²) in [7, 11) is 1.32.